The van der Waals surface area contributed by atoms with Crippen molar-refractivity contribution >= 4 is 11.5 Å². The Kier molecular flexibility index (Phi) is 4.14. The lowest BCUT2D eigenvalue weighted by molar-refractivity contribution is -0.385. The lowest BCUT2D eigenvalue weighted by Gasteiger charge is -2.20. The second-order valence-electron chi connectivity index (χ2n) is 4.88. The van der Waals surface area contributed by atoms with E-state index in [1.54, 1.807) is 12.1 Å². The SMILES string of the molecule is COc1ccc(CC2CCCCC2=O)cc1[N+](=O)[O-]. The van der Waals surface area contributed by atoms with Gasteiger partial charge in [-0.2, -0.15) is 0 Å². The molecule has 1 aromatic rings. The number of carbonyl (C=O) groups excluding carboxylic acids is 1. The van der Waals surface area contributed by atoms with E-state index in [4.69, 9.17) is 4.74 Å². The first-order chi connectivity index (χ1) is 9.11. The van der Waals surface area contributed by atoms with Crippen molar-refractivity contribution in [1.29, 1.82) is 0 Å². The summed E-state index contributed by atoms with van der Waals surface area (Å²) in [6.45, 7) is 0. The van der Waals surface area contributed by atoms with Gasteiger partial charge in [0.1, 0.15) is 5.78 Å². The van der Waals surface area contributed by atoms with Gasteiger partial charge in [0, 0.05) is 18.4 Å². The number of hydrogen-bond donors (Lipinski definition) is 0. The largest absolute Gasteiger partial charge is 0.490 e. The zero-order chi connectivity index (χ0) is 13.8. The molecule has 102 valence electrons. The number of benzene rings is 1. The minimum atomic E-state index is -0.453. The molecule has 1 saturated carbocycles. The number of nitro benzene ring substituents is 1. The van der Waals surface area contributed by atoms with Crippen molar-refractivity contribution in [2.45, 2.75) is 32.1 Å². The molecule has 0 aliphatic heterocycles. The predicted molar refractivity (Wildman–Crippen MR) is 70.3 cm³/mol. The maximum absolute atomic E-state index is 11.8. The van der Waals surface area contributed by atoms with Crippen LogP contribution in [0, 0.1) is 16.0 Å². The summed E-state index contributed by atoms with van der Waals surface area (Å²) in [5, 5.41) is 10.9. The lowest BCUT2D eigenvalue weighted by atomic mass is 9.83. The molecule has 5 nitrogen and oxygen atoms in total. The van der Waals surface area contributed by atoms with E-state index in [0.29, 0.717) is 12.8 Å². The Morgan fingerprint density at radius 1 is 1.42 bits per heavy atom. The highest BCUT2D eigenvalue weighted by atomic mass is 16.6. The molecule has 19 heavy (non-hydrogen) atoms. The van der Waals surface area contributed by atoms with Crippen LogP contribution in [0.3, 0.4) is 0 Å². The minimum Gasteiger partial charge on any atom is -0.490 e. The van der Waals surface area contributed by atoms with E-state index in [2.05, 4.69) is 0 Å². The van der Waals surface area contributed by atoms with Crippen molar-refractivity contribution in [2.24, 2.45) is 5.92 Å². The zero-order valence-corrected chi connectivity index (χ0v) is 10.9. The third kappa shape index (κ3) is 3.10. The van der Waals surface area contributed by atoms with Crippen LogP contribution < -0.4 is 4.74 Å². The van der Waals surface area contributed by atoms with Crippen molar-refractivity contribution in [3.8, 4) is 5.75 Å². The zero-order valence-electron chi connectivity index (χ0n) is 10.9. The van der Waals surface area contributed by atoms with E-state index in [9.17, 15) is 14.9 Å². The smallest absolute Gasteiger partial charge is 0.311 e. The molecule has 1 aromatic carbocycles. The van der Waals surface area contributed by atoms with Crippen LogP contribution in [0.15, 0.2) is 18.2 Å². The average molecular weight is 263 g/mol. The van der Waals surface area contributed by atoms with Crippen molar-refractivity contribution in [1.82, 2.24) is 0 Å². The Hall–Kier alpha value is -1.91. The summed E-state index contributed by atoms with van der Waals surface area (Å²) in [5.41, 5.74) is 0.788. The number of nitrogens with zero attached hydrogens (tertiary/aromatic N) is 1. The molecule has 1 unspecified atom stereocenters. The van der Waals surface area contributed by atoms with E-state index in [1.807, 2.05) is 0 Å². The number of Topliss-reactive ketones (excluding diaryl/α,β-unsaturated/α-hetero) is 1. The van der Waals surface area contributed by atoms with Gasteiger partial charge in [-0.15, -0.1) is 0 Å². The molecule has 0 aromatic heterocycles. The van der Waals surface area contributed by atoms with Crippen molar-refractivity contribution in [2.75, 3.05) is 7.11 Å². The van der Waals surface area contributed by atoms with Crippen LogP contribution in [0.25, 0.3) is 0 Å². The van der Waals surface area contributed by atoms with Gasteiger partial charge in [-0.1, -0.05) is 12.5 Å². The Bertz CT molecular complexity index is 498. The number of carbonyl (C=O) groups is 1. The van der Waals surface area contributed by atoms with Crippen LogP contribution in [-0.2, 0) is 11.2 Å². The predicted octanol–water partition coefficient (Wildman–Crippen LogP) is 2.91. The third-order valence-corrected chi connectivity index (χ3v) is 3.60. The number of ketones is 1. The van der Waals surface area contributed by atoms with Crippen LogP contribution in [0.1, 0.15) is 31.2 Å². The molecular weight excluding hydrogens is 246 g/mol. The van der Waals surface area contributed by atoms with E-state index in [0.717, 1.165) is 24.8 Å². The van der Waals surface area contributed by atoms with Crippen molar-refractivity contribution in [3.63, 3.8) is 0 Å². The summed E-state index contributed by atoms with van der Waals surface area (Å²) < 4.78 is 4.96. The Labute approximate surface area is 111 Å². The van der Waals surface area contributed by atoms with E-state index < -0.39 is 4.92 Å². The lowest BCUT2D eigenvalue weighted by Crippen LogP contribution is -2.21. The second-order valence-corrected chi connectivity index (χ2v) is 4.88. The molecule has 1 aliphatic carbocycles. The van der Waals surface area contributed by atoms with Gasteiger partial charge in [0.25, 0.3) is 0 Å². The van der Waals surface area contributed by atoms with Gasteiger partial charge in [-0.25, -0.2) is 0 Å². The van der Waals surface area contributed by atoms with Crippen molar-refractivity contribution < 1.29 is 14.5 Å². The highest BCUT2D eigenvalue weighted by Crippen LogP contribution is 2.30. The Balaban J connectivity index is 2.18. The maximum Gasteiger partial charge on any atom is 0.311 e. The first-order valence-corrected chi connectivity index (χ1v) is 6.46. The van der Waals surface area contributed by atoms with Gasteiger partial charge in [-0.05, 0) is 30.9 Å². The number of hydrogen-bond acceptors (Lipinski definition) is 4. The van der Waals surface area contributed by atoms with Gasteiger partial charge < -0.3 is 4.74 Å². The highest BCUT2D eigenvalue weighted by Gasteiger charge is 2.23. The van der Waals surface area contributed by atoms with E-state index in [1.165, 1.54) is 13.2 Å². The molecule has 1 atom stereocenters. The molecule has 0 bridgehead atoms. The molecule has 1 aliphatic rings. The molecule has 0 amide bonds. The number of methoxy groups -OCH3 is 1. The molecular formula is C14H17NO4. The number of nitro groups is 1. The fourth-order valence-corrected chi connectivity index (χ4v) is 2.56. The third-order valence-electron chi connectivity index (χ3n) is 3.60. The molecule has 2 rings (SSSR count). The summed E-state index contributed by atoms with van der Waals surface area (Å²) in [6, 6.07) is 4.91. The molecule has 0 N–H and O–H groups in total. The monoisotopic (exact) mass is 263 g/mol. The maximum atomic E-state index is 11.8. The Morgan fingerprint density at radius 2 is 2.21 bits per heavy atom. The van der Waals surface area contributed by atoms with Gasteiger partial charge >= 0.3 is 5.69 Å². The van der Waals surface area contributed by atoms with Crippen LogP contribution in [0.5, 0.6) is 5.75 Å². The summed E-state index contributed by atoms with van der Waals surface area (Å²) in [7, 11) is 1.41. The van der Waals surface area contributed by atoms with Crippen LogP contribution in [-0.4, -0.2) is 17.8 Å². The van der Waals surface area contributed by atoms with Gasteiger partial charge in [0.05, 0.1) is 12.0 Å². The molecule has 0 heterocycles. The topological polar surface area (TPSA) is 69.4 Å². The summed E-state index contributed by atoms with van der Waals surface area (Å²) in [4.78, 5) is 22.3. The number of rotatable bonds is 4. The molecule has 0 radical (unpaired) electrons. The van der Waals surface area contributed by atoms with Crippen molar-refractivity contribution in [3.05, 3.63) is 33.9 Å². The average Bonchev–Trinajstić information content (AvgIpc) is 2.41. The standard InChI is InChI=1S/C14H17NO4/c1-19-14-7-6-10(9-12(14)15(17)18)8-11-4-2-3-5-13(11)16/h6-7,9,11H,2-5,8H2,1H3. The van der Waals surface area contributed by atoms with Crippen LogP contribution >= 0.6 is 0 Å². The molecule has 0 saturated heterocycles. The fourth-order valence-electron chi connectivity index (χ4n) is 2.56. The molecule has 1 fully saturated rings. The normalized spacial score (nSPS) is 19.2. The first kappa shape index (κ1) is 13.5. The molecule has 5 heteroatoms. The van der Waals surface area contributed by atoms with Gasteiger partial charge in [0.2, 0.25) is 0 Å². The van der Waals surface area contributed by atoms with Gasteiger partial charge in [0.15, 0.2) is 5.75 Å². The first-order valence-electron chi connectivity index (χ1n) is 6.46. The highest BCUT2D eigenvalue weighted by molar-refractivity contribution is 5.81. The summed E-state index contributed by atoms with van der Waals surface area (Å²) in [6.07, 6.45) is 4.15. The van der Waals surface area contributed by atoms with Gasteiger partial charge in [-0.3, -0.25) is 14.9 Å². The molecule has 0 spiro atoms. The van der Waals surface area contributed by atoms with Crippen LogP contribution in [0.2, 0.25) is 0 Å². The van der Waals surface area contributed by atoms with E-state index in [-0.39, 0.29) is 23.1 Å². The van der Waals surface area contributed by atoms with E-state index >= 15 is 0 Å². The quantitative estimate of drug-likeness (QED) is 0.618. The fraction of sp³-hybridized carbons (Fsp3) is 0.500. The second kappa shape index (κ2) is 5.82. The van der Waals surface area contributed by atoms with Crippen LogP contribution in [0.4, 0.5) is 5.69 Å². The summed E-state index contributed by atoms with van der Waals surface area (Å²) in [5.74, 6) is 0.551. The number of ether oxygens (including phenoxy) is 1. The Morgan fingerprint density at radius 3 is 2.84 bits per heavy atom. The minimum absolute atomic E-state index is 0.0155. The summed E-state index contributed by atoms with van der Waals surface area (Å²) >= 11 is 0.